The summed E-state index contributed by atoms with van der Waals surface area (Å²) in [7, 11) is 0. The van der Waals surface area contributed by atoms with Gasteiger partial charge in [-0.15, -0.1) is 0 Å². The molecule has 0 aliphatic heterocycles. The third-order valence-electron chi connectivity index (χ3n) is 3.28. The lowest BCUT2D eigenvalue weighted by Crippen LogP contribution is -2.46. The monoisotopic (exact) mass is 372 g/mol. The van der Waals surface area contributed by atoms with Crippen molar-refractivity contribution in [3.63, 3.8) is 0 Å². The average Bonchev–Trinajstić information content (AvgIpc) is 2.51. The smallest absolute Gasteiger partial charge is 0.255 e. The second-order valence-corrected chi connectivity index (χ2v) is 5.81. The first-order chi connectivity index (χ1) is 11.3. The highest BCUT2D eigenvalue weighted by Gasteiger charge is 2.23. The van der Waals surface area contributed by atoms with Crippen LogP contribution in [-0.2, 0) is 11.2 Å². The Labute approximate surface area is 146 Å². The number of primary amides is 1. The molecule has 0 unspecified atom stereocenters. The van der Waals surface area contributed by atoms with Gasteiger partial charge in [0.15, 0.2) is 11.6 Å². The molecular formula is C16H12Cl2F2N2O2. The molecule has 4 nitrogen and oxygen atoms in total. The summed E-state index contributed by atoms with van der Waals surface area (Å²) in [4.78, 5) is 23.7. The Balaban J connectivity index is 2.21. The molecular weight excluding hydrogens is 361 g/mol. The Kier molecular flexibility index (Phi) is 5.75. The second kappa shape index (κ2) is 7.59. The molecule has 2 amide bonds. The molecule has 0 saturated heterocycles. The summed E-state index contributed by atoms with van der Waals surface area (Å²) in [5.41, 5.74) is 5.26. The van der Waals surface area contributed by atoms with E-state index in [-0.39, 0.29) is 6.42 Å². The maximum atomic E-state index is 13.7. The van der Waals surface area contributed by atoms with Crippen LogP contribution in [0.25, 0.3) is 0 Å². The predicted octanol–water partition coefficient (Wildman–Crippen LogP) is 3.10. The number of hydrogen-bond donors (Lipinski definition) is 2. The van der Waals surface area contributed by atoms with E-state index in [0.29, 0.717) is 15.6 Å². The molecule has 0 saturated carbocycles. The largest absolute Gasteiger partial charge is 0.368 e. The number of hydrogen-bond acceptors (Lipinski definition) is 2. The maximum absolute atomic E-state index is 13.7. The Hall–Kier alpha value is -2.18. The fourth-order valence-corrected chi connectivity index (χ4v) is 2.53. The van der Waals surface area contributed by atoms with Gasteiger partial charge in [-0.05, 0) is 29.8 Å². The number of halogens is 4. The van der Waals surface area contributed by atoms with Gasteiger partial charge in [0.1, 0.15) is 6.04 Å². The van der Waals surface area contributed by atoms with Crippen molar-refractivity contribution in [3.8, 4) is 0 Å². The van der Waals surface area contributed by atoms with Crippen LogP contribution in [0.2, 0.25) is 10.0 Å². The first-order valence-corrected chi connectivity index (χ1v) is 7.53. The molecule has 3 N–H and O–H groups in total. The van der Waals surface area contributed by atoms with Crippen molar-refractivity contribution in [1.29, 1.82) is 0 Å². The van der Waals surface area contributed by atoms with E-state index in [1.807, 2.05) is 0 Å². The number of amides is 2. The van der Waals surface area contributed by atoms with E-state index in [0.717, 1.165) is 12.1 Å². The molecule has 1 atom stereocenters. The number of benzene rings is 2. The lowest BCUT2D eigenvalue weighted by molar-refractivity contribution is -0.119. The summed E-state index contributed by atoms with van der Waals surface area (Å²) >= 11 is 11.8. The lowest BCUT2D eigenvalue weighted by Gasteiger charge is -2.17. The first kappa shape index (κ1) is 18.2. The minimum atomic E-state index is -1.30. The van der Waals surface area contributed by atoms with E-state index in [1.165, 1.54) is 12.1 Å². The van der Waals surface area contributed by atoms with Crippen molar-refractivity contribution < 1.29 is 18.4 Å². The van der Waals surface area contributed by atoms with Crippen molar-refractivity contribution in [1.82, 2.24) is 5.32 Å². The molecule has 8 heteroatoms. The normalized spacial score (nSPS) is 11.8. The van der Waals surface area contributed by atoms with Gasteiger partial charge in [-0.2, -0.15) is 0 Å². The number of nitrogens with two attached hydrogens (primary N) is 1. The van der Waals surface area contributed by atoms with Crippen LogP contribution in [0, 0.1) is 11.6 Å². The summed E-state index contributed by atoms with van der Waals surface area (Å²) in [6.07, 6.45) is -0.0198. The highest BCUT2D eigenvalue weighted by molar-refractivity contribution is 6.35. The molecule has 126 valence electrons. The summed E-state index contributed by atoms with van der Waals surface area (Å²) in [6.45, 7) is 0. The number of carbonyl (C=O) groups is 2. The van der Waals surface area contributed by atoms with E-state index >= 15 is 0 Å². The summed E-state index contributed by atoms with van der Waals surface area (Å²) in [6, 6.07) is 6.63. The second-order valence-electron chi connectivity index (χ2n) is 4.97. The zero-order valence-corrected chi connectivity index (χ0v) is 13.7. The van der Waals surface area contributed by atoms with E-state index in [4.69, 9.17) is 28.9 Å². The van der Waals surface area contributed by atoms with Gasteiger partial charge < -0.3 is 11.1 Å². The average molecular weight is 373 g/mol. The lowest BCUT2D eigenvalue weighted by atomic mass is 10.0. The van der Waals surface area contributed by atoms with Crippen LogP contribution >= 0.6 is 23.2 Å². The predicted molar refractivity (Wildman–Crippen MR) is 87.0 cm³/mol. The number of rotatable bonds is 5. The van der Waals surface area contributed by atoms with Crippen molar-refractivity contribution >= 4 is 35.0 Å². The molecule has 0 aliphatic carbocycles. The fraction of sp³-hybridized carbons (Fsp3) is 0.125. The van der Waals surface area contributed by atoms with Crippen molar-refractivity contribution in [2.75, 3.05) is 0 Å². The van der Waals surface area contributed by atoms with Crippen LogP contribution in [0.5, 0.6) is 0 Å². The number of nitrogens with one attached hydrogen (secondary N) is 1. The van der Waals surface area contributed by atoms with Crippen LogP contribution in [0.4, 0.5) is 8.78 Å². The molecule has 2 aromatic rings. The SMILES string of the molecule is NC(=O)[C@@H](Cc1ccc(Cl)cc1Cl)NC(=O)c1cccc(F)c1F. The van der Waals surface area contributed by atoms with Crippen LogP contribution in [0.3, 0.4) is 0 Å². The third kappa shape index (κ3) is 4.21. The highest BCUT2D eigenvalue weighted by atomic mass is 35.5. The summed E-state index contributed by atoms with van der Waals surface area (Å²) in [5, 5.41) is 2.98. The Bertz CT molecular complexity index is 800. The van der Waals surface area contributed by atoms with Crippen molar-refractivity contribution in [2.24, 2.45) is 5.73 Å². The van der Waals surface area contributed by atoms with Crippen LogP contribution in [0.15, 0.2) is 36.4 Å². The van der Waals surface area contributed by atoms with Crippen molar-refractivity contribution in [3.05, 3.63) is 69.2 Å². The standard InChI is InChI=1S/C16H12Cl2F2N2O2/c17-9-5-4-8(11(18)7-9)6-13(15(21)23)22-16(24)10-2-1-3-12(19)14(10)20/h1-5,7,13H,6H2,(H2,21,23)(H,22,24)/t13-/m1/s1. The molecule has 24 heavy (non-hydrogen) atoms. The molecule has 0 aliphatic rings. The topological polar surface area (TPSA) is 72.2 Å². The van der Waals surface area contributed by atoms with E-state index in [9.17, 15) is 18.4 Å². The summed E-state index contributed by atoms with van der Waals surface area (Å²) < 4.78 is 26.8. The highest BCUT2D eigenvalue weighted by Crippen LogP contribution is 2.22. The van der Waals surface area contributed by atoms with Crippen LogP contribution in [-0.4, -0.2) is 17.9 Å². The minimum Gasteiger partial charge on any atom is -0.368 e. The quantitative estimate of drug-likeness (QED) is 0.846. The molecule has 0 radical (unpaired) electrons. The third-order valence-corrected chi connectivity index (χ3v) is 3.87. The Morgan fingerprint density at radius 2 is 1.88 bits per heavy atom. The molecule has 0 fully saturated rings. The first-order valence-electron chi connectivity index (χ1n) is 6.77. The van der Waals surface area contributed by atoms with Crippen LogP contribution < -0.4 is 11.1 Å². The minimum absolute atomic E-state index is 0.0198. The number of carbonyl (C=O) groups excluding carboxylic acids is 2. The van der Waals surface area contributed by atoms with E-state index < -0.39 is 35.1 Å². The molecule has 0 aromatic heterocycles. The van der Waals surface area contributed by atoms with Gasteiger partial charge in [-0.3, -0.25) is 9.59 Å². The van der Waals surface area contributed by atoms with Gasteiger partial charge in [0.2, 0.25) is 5.91 Å². The zero-order chi connectivity index (χ0) is 17.9. The van der Waals surface area contributed by atoms with Gasteiger partial charge in [0.05, 0.1) is 5.56 Å². The van der Waals surface area contributed by atoms with Crippen molar-refractivity contribution in [2.45, 2.75) is 12.5 Å². The zero-order valence-electron chi connectivity index (χ0n) is 12.2. The summed E-state index contributed by atoms with van der Waals surface area (Å²) in [5.74, 6) is -4.27. The van der Waals surface area contributed by atoms with E-state index in [2.05, 4.69) is 5.32 Å². The van der Waals surface area contributed by atoms with E-state index in [1.54, 1.807) is 12.1 Å². The van der Waals surface area contributed by atoms with Crippen LogP contribution in [0.1, 0.15) is 15.9 Å². The van der Waals surface area contributed by atoms with Gasteiger partial charge in [-0.25, -0.2) is 8.78 Å². The Morgan fingerprint density at radius 3 is 2.50 bits per heavy atom. The fourth-order valence-electron chi connectivity index (χ4n) is 2.05. The molecule has 2 rings (SSSR count). The van der Waals surface area contributed by atoms with Gasteiger partial charge in [-0.1, -0.05) is 35.3 Å². The molecule has 2 aromatic carbocycles. The molecule has 0 bridgehead atoms. The Morgan fingerprint density at radius 1 is 1.17 bits per heavy atom. The molecule has 0 heterocycles. The maximum Gasteiger partial charge on any atom is 0.255 e. The van der Waals surface area contributed by atoms with Gasteiger partial charge >= 0.3 is 0 Å². The molecule has 0 spiro atoms. The van der Waals surface area contributed by atoms with Gasteiger partial charge in [0.25, 0.3) is 5.91 Å². The van der Waals surface area contributed by atoms with Gasteiger partial charge in [0, 0.05) is 16.5 Å².